The highest BCUT2D eigenvalue weighted by Crippen LogP contribution is 2.43. The number of alkyl halides is 6. The second-order valence-corrected chi connectivity index (χ2v) is 9.75. The number of nitrogens with zero attached hydrogens (tertiary/aromatic N) is 4. The topological polar surface area (TPSA) is 74.1 Å². The Balaban J connectivity index is 1.40. The predicted octanol–water partition coefficient (Wildman–Crippen LogP) is 6.56. The predicted molar refractivity (Wildman–Crippen MR) is 124 cm³/mol. The Morgan fingerprint density at radius 1 is 1.14 bits per heavy atom. The maximum atomic E-state index is 13.0. The molecule has 0 radical (unpaired) electrons. The third-order valence-electron chi connectivity index (χ3n) is 6.97. The lowest BCUT2D eigenvalue weighted by Crippen LogP contribution is -2.48. The number of nitriles is 1. The van der Waals surface area contributed by atoms with Gasteiger partial charge in [-0.25, -0.2) is 9.97 Å². The van der Waals surface area contributed by atoms with Crippen molar-refractivity contribution in [1.29, 1.82) is 5.26 Å². The van der Waals surface area contributed by atoms with Crippen molar-refractivity contribution >= 4 is 23.1 Å². The molecular formula is C24H24ClF6N5O. The molecule has 200 valence electrons. The van der Waals surface area contributed by atoms with E-state index in [2.05, 4.69) is 15.3 Å². The van der Waals surface area contributed by atoms with Gasteiger partial charge in [0.2, 0.25) is 5.88 Å². The molecule has 2 aromatic rings. The molecule has 2 saturated heterocycles. The van der Waals surface area contributed by atoms with Crippen LogP contribution in [-0.4, -0.2) is 52.0 Å². The fraction of sp³-hybridized carbons (Fsp3) is 0.542. The van der Waals surface area contributed by atoms with Gasteiger partial charge in [-0.1, -0.05) is 11.6 Å². The molecule has 0 amide bonds. The normalized spacial score (nSPS) is 22.2. The van der Waals surface area contributed by atoms with E-state index >= 15 is 0 Å². The molecule has 13 heteroatoms. The van der Waals surface area contributed by atoms with Crippen molar-refractivity contribution < 1.29 is 31.1 Å². The van der Waals surface area contributed by atoms with E-state index in [1.807, 2.05) is 6.07 Å². The number of fused-ring (bicyclic) bond motifs is 2. The van der Waals surface area contributed by atoms with Crippen molar-refractivity contribution in [3.05, 3.63) is 40.7 Å². The SMILES string of the molecule is Cc1c(Nc2ccc(C#N)cc2Cl)ncnc1OC1CC2CCC(C1)N2CCC(C(F)(F)F)C(F)(F)F. The summed E-state index contributed by atoms with van der Waals surface area (Å²) in [5.41, 5.74) is 1.55. The van der Waals surface area contributed by atoms with Crippen LogP contribution in [0.3, 0.4) is 0 Å². The summed E-state index contributed by atoms with van der Waals surface area (Å²) in [6.07, 6.45) is -8.27. The molecule has 6 nitrogen and oxygen atoms in total. The van der Waals surface area contributed by atoms with E-state index < -0.39 is 24.7 Å². The van der Waals surface area contributed by atoms with E-state index in [4.69, 9.17) is 21.6 Å². The van der Waals surface area contributed by atoms with Crippen molar-refractivity contribution in [3.8, 4) is 11.9 Å². The fourth-order valence-electron chi connectivity index (χ4n) is 5.13. The number of nitrogens with one attached hydrogen (secondary N) is 1. The van der Waals surface area contributed by atoms with Crippen molar-refractivity contribution in [2.45, 2.75) is 69.6 Å². The first-order chi connectivity index (χ1) is 17.4. The van der Waals surface area contributed by atoms with Crippen LogP contribution in [0.15, 0.2) is 24.5 Å². The van der Waals surface area contributed by atoms with Gasteiger partial charge in [-0.2, -0.15) is 31.6 Å². The number of halogens is 7. The number of aromatic nitrogens is 2. The number of benzene rings is 1. The van der Waals surface area contributed by atoms with Crippen molar-refractivity contribution in [2.75, 3.05) is 11.9 Å². The number of piperidine rings is 1. The molecule has 1 N–H and O–H groups in total. The number of ether oxygens (including phenoxy) is 1. The van der Waals surface area contributed by atoms with E-state index in [0.29, 0.717) is 59.2 Å². The van der Waals surface area contributed by atoms with Gasteiger partial charge < -0.3 is 10.1 Å². The van der Waals surface area contributed by atoms with Crippen LogP contribution < -0.4 is 10.1 Å². The summed E-state index contributed by atoms with van der Waals surface area (Å²) in [6.45, 7) is 1.49. The van der Waals surface area contributed by atoms with Gasteiger partial charge in [-0.3, -0.25) is 4.90 Å². The summed E-state index contributed by atoms with van der Waals surface area (Å²) >= 11 is 6.24. The van der Waals surface area contributed by atoms with Crippen LogP contribution in [0.25, 0.3) is 0 Å². The molecule has 0 spiro atoms. The Morgan fingerprint density at radius 3 is 2.35 bits per heavy atom. The van der Waals surface area contributed by atoms with Gasteiger partial charge in [-0.05, 0) is 63.8 Å². The van der Waals surface area contributed by atoms with Crippen molar-refractivity contribution in [2.24, 2.45) is 5.92 Å². The van der Waals surface area contributed by atoms with E-state index in [1.165, 1.54) is 12.4 Å². The van der Waals surface area contributed by atoms with Crippen LogP contribution in [0.2, 0.25) is 5.02 Å². The summed E-state index contributed by atoms with van der Waals surface area (Å²) in [5.74, 6) is -2.55. The zero-order valence-electron chi connectivity index (χ0n) is 19.7. The first-order valence-electron chi connectivity index (χ1n) is 11.7. The highest BCUT2D eigenvalue weighted by atomic mass is 35.5. The molecule has 3 heterocycles. The highest BCUT2D eigenvalue weighted by Gasteiger charge is 2.56. The average Bonchev–Trinajstić information content (AvgIpc) is 3.04. The van der Waals surface area contributed by atoms with Crippen LogP contribution in [0.4, 0.5) is 37.8 Å². The Hall–Kier alpha value is -2.78. The second-order valence-electron chi connectivity index (χ2n) is 9.34. The molecule has 2 aliphatic heterocycles. The molecular weight excluding hydrogens is 524 g/mol. The maximum Gasteiger partial charge on any atom is 0.400 e. The second kappa shape index (κ2) is 10.5. The van der Waals surface area contributed by atoms with E-state index in [-0.39, 0.29) is 24.7 Å². The molecule has 2 bridgehead atoms. The van der Waals surface area contributed by atoms with Crippen LogP contribution >= 0.6 is 11.6 Å². The summed E-state index contributed by atoms with van der Waals surface area (Å²) in [5, 5.41) is 12.4. The maximum absolute atomic E-state index is 13.0. The van der Waals surface area contributed by atoms with Crippen LogP contribution in [0.5, 0.6) is 5.88 Å². The number of rotatable bonds is 7. The summed E-state index contributed by atoms with van der Waals surface area (Å²) < 4.78 is 83.9. The lowest BCUT2D eigenvalue weighted by molar-refractivity contribution is -0.286. The molecule has 2 atom stereocenters. The zero-order valence-corrected chi connectivity index (χ0v) is 20.5. The zero-order chi connectivity index (χ0) is 27.0. The Bertz CT molecular complexity index is 1140. The van der Waals surface area contributed by atoms with Crippen molar-refractivity contribution in [1.82, 2.24) is 14.9 Å². The Morgan fingerprint density at radius 2 is 1.78 bits per heavy atom. The largest absolute Gasteiger partial charge is 0.474 e. The molecule has 2 unspecified atom stereocenters. The lowest BCUT2D eigenvalue weighted by atomic mass is 9.97. The molecule has 0 saturated carbocycles. The molecule has 2 aliphatic rings. The minimum atomic E-state index is -5.32. The molecule has 37 heavy (non-hydrogen) atoms. The number of hydrogen-bond acceptors (Lipinski definition) is 6. The third kappa shape index (κ3) is 6.21. The van der Waals surface area contributed by atoms with Gasteiger partial charge in [-0.15, -0.1) is 0 Å². The minimum absolute atomic E-state index is 0.150. The van der Waals surface area contributed by atoms with Gasteiger partial charge >= 0.3 is 12.4 Å². The van der Waals surface area contributed by atoms with Crippen LogP contribution in [0.1, 0.15) is 43.2 Å². The van der Waals surface area contributed by atoms with Gasteiger partial charge in [0.05, 0.1) is 27.9 Å². The van der Waals surface area contributed by atoms with Crippen LogP contribution in [-0.2, 0) is 0 Å². The Kier molecular flexibility index (Phi) is 7.76. The Labute approximate surface area is 214 Å². The van der Waals surface area contributed by atoms with Gasteiger partial charge in [0.1, 0.15) is 18.2 Å². The molecule has 1 aromatic carbocycles. The fourth-order valence-corrected chi connectivity index (χ4v) is 5.35. The number of hydrogen-bond donors (Lipinski definition) is 1. The van der Waals surface area contributed by atoms with Crippen LogP contribution in [0, 0.1) is 24.2 Å². The third-order valence-corrected chi connectivity index (χ3v) is 7.29. The lowest BCUT2D eigenvalue weighted by Gasteiger charge is -2.39. The standard InChI is InChI=1S/C24H24ClF6N5O/c1-13-21(35-19-5-2-14(11-32)8-18(19)25)33-12-34-22(13)37-17-9-15-3-4-16(10-17)36(15)7-6-20(23(26,27)28)24(29,30)31/h2,5,8,12,15-17,20H,3-4,6-7,9-10H2,1H3,(H,33,34,35). The van der Waals surface area contributed by atoms with E-state index in [9.17, 15) is 26.3 Å². The quantitative estimate of drug-likeness (QED) is 0.396. The van der Waals surface area contributed by atoms with E-state index in [1.54, 1.807) is 24.0 Å². The highest BCUT2D eigenvalue weighted by molar-refractivity contribution is 6.33. The summed E-state index contributed by atoms with van der Waals surface area (Å²) in [6, 6.07) is 6.49. The molecule has 1 aromatic heterocycles. The number of anilines is 2. The first-order valence-corrected chi connectivity index (χ1v) is 12.1. The van der Waals surface area contributed by atoms with E-state index in [0.717, 1.165) is 0 Å². The van der Waals surface area contributed by atoms with Gasteiger partial charge in [0, 0.05) is 12.1 Å². The average molecular weight is 548 g/mol. The molecule has 0 aliphatic carbocycles. The van der Waals surface area contributed by atoms with Gasteiger partial charge in [0.15, 0.2) is 5.92 Å². The van der Waals surface area contributed by atoms with Gasteiger partial charge in [0.25, 0.3) is 0 Å². The monoisotopic (exact) mass is 547 g/mol. The minimum Gasteiger partial charge on any atom is -0.474 e. The molecule has 2 fully saturated rings. The smallest absolute Gasteiger partial charge is 0.400 e. The summed E-state index contributed by atoms with van der Waals surface area (Å²) in [4.78, 5) is 10.2. The van der Waals surface area contributed by atoms with Crippen molar-refractivity contribution in [3.63, 3.8) is 0 Å². The first kappa shape index (κ1) is 27.3. The molecule has 4 rings (SSSR count). The summed E-state index contributed by atoms with van der Waals surface area (Å²) in [7, 11) is 0.